The van der Waals surface area contributed by atoms with E-state index < -0.39 is 159 Å². The number of halogens is 18. The zero-order chi connectivity index (χ0) is 35.6. The number of nitrogens with zero attached hydrogens (tertiary/aromatic N) is 4. The van der Waals surface area contributed by atoms with Gasteiger partial charge < -0.3 is 0 Å². The fourth-order valence-corrected chi connectivity index (χ4v) is 4.67. The molecular weight excluding hydrogens is 710 g/mol. The molecule has 48 heavy (non-hydrogen) atoms. The second-order valence-corrected chi connectivity index (χ2v) is 9.35. The lowest BCUT2D eigenvalue weighted by Crippen LogP contribution is -2.05. The maximum atomic E-state index is 15.8. The van der Waals surface area contributed by atoms with Crippen molar-refractivity contribution in [3.8, 4) is 11.1 Å². The number of rotatable bonds is 1. The van der Waals surface area contributed by atoms with E-state index in [9.17, 15) is 52.8 Å². The quantitative estimate of drug-likeness (QED) is 0.112. The van der Waals surface area contributed by atoms with Crippen LogP contribution in [0.5, 0.6) is 0 Å². The van der Waals surface area contributed by atoms with Gasteiger partial charge in [0.2, 0.25) is 5.82 Å². The molecule has 0 aliphatic carbocycles. The molecule has 5 heterocycles. The molecule has 0 atom stereocenters. The first-order chi connectivity index (χ1) is 22.4. The lowest BCUT2D eigenvalue weighted by Gasteiger charge is -2.08. The molecule has 0 N–H and O–H groups in total. The SMILES string of the molecule is FC1=C(F)c2nc1c(F)c1c(F)c(F)c(c(F)c3nc(c(F)c4c(-c5c(F)c(F)c(F)c(F)c5F)c(F)c(c2F)n4F)C(F)=C3F)n1F. The summed E-state index contributed by atoms with van der Waals surface area (Å²) in [4.78, 5) is 1.68. The van der Waals surface area contributed by atoms with Gasteiger partial charge in [-0.05, 0) is 0 Å². The first-order valence-corrected chi connectivity index (χ1v) is 11.9. The van der Waals surface area contributed by atoms with E-state index in [0.29, 0.717) is 0 Å². The highest BCUT2D eigenvalue weighted by Gasteiger charge is 2.38. The number of hydrogen-bond donors (Lipinski definition) is 0. The van der Waals surface area contributed by atoms with Crippen molar-refractivity contribution >= 4 is 45.4 Å². The second-order valence-electron chi connectivity index (χ2n) is 9.35. The highest BCUT2D eigenvalue weighted by atomic mass is 19.2. The van der Waals surface area contributed by atoms with E-state index in [1.165, 1.54) is 0 Å². The Kier molecular flexibility index (Phi) is 7.13. The second kappa shape index (κ2) is 10.5. The van der Waals surface area contributed by atoms with E-state index in [1.807, 2.05) is 0 Å². The molecule has 0 saturated heterocycles. The Morgan fingerprint density at radius 3 is 0.896 bits per heavy atom. The van der Waals surface area contributed by atoms with Crippen LogP contribution >= 0.6 is 0 Å². The van der Waals surface area contributed by atoms with Crippen LogP contribution in [0.15, 0.2) is 0 Å². The van der Waals surface area contributed by atoms with Crippen LogP contribution in [0.4, 0.5) is 79.2 Å². The van der Waals surface area contributed by atoms with Crippen LogP contribution in [-0.2, 0) is 0 Å². The molecule has 4 nitrogen and oxygen atoms in total. The van der Waals surface area contributed by atoms with Gasteiger partial charge in [0.05, 0.1) is 11.1 Å². The Bertz CT molecular complexity index is 2410. The molecular formula is C26F18N4. The minimum absolute atomic E-state index is 1.68. The predicted molar refractivity (Wildman–Crippen MR) is 124 cm³/mol. The molecule has 0 unspecified atom stereocenters. The van der Waals surface area contributed by atoms with E-state index in [1.54, 1.807) is 0 Å². The molecule has 0 fully saturated rings. The third-order valence-corrected chi connectivity index (χ3v) is 6.85. The van der Waals surface area contributed by atoms with Gasteiger partial charge in [-0.3, -0.25) is 0 Å². The highest BCUT2D eigenvalue weighted by molar-refractivity contribution is 5.93. The van der Waals surface area contributed by atoms with Crippen LogP contribution in [0.3, 0.4) is 0 Å². The summed E-state index contributed by atoms with van der Waals surface area (Å²) in [5.74, 6) is -46.5. The van der Waals surface area contributed by atoms with Crippen molar-refractivity contribution in [1.29, 1.82) is 0 Å². The lowest BCUT2D eigenvalue weighted by molar-refractivity contribution is 0.380. The predicted octanol–water partition coefficient (Wildman–Crippen LogP) is 9.59. The summed E-state index contributed by atoms with van der Waals surface area (Å²) in [6.45, 7) is 0. The van der Waals surface area contributed by atoms with Crippen LogP contribution in [0.2, 0.25) is 0 Å². The lowest BCUT2D eigenvalue weighted by atomic mass is 10.0. The van der Waals surface area contributed by atoms with Crippen LogP contribution < -0.4 is 0 Å². The summed E-state index contributed by atoms with van der Waals surface area (Å²) in [5.41, 5.74) is -25.2. The van der Waals surface area contributed by atoms with Gasteiger partial charge in [0.15, 0.2) is 98.3 Å². The van der Waals surface area contributed by atoms with Gasteiger partial charge in [0.25, 0.3) is 0 Å². The van der Waals surface area contributed by atoms with Crippen molar-refractivity contribution in [3.63, 3.8) is 0 Å². The number of hydrogen-bond acceptors (Lipinski definition) is 2. The Morgan fingerprint density at radius 1 is 0.271 bits per heavy atom. The molecule has 2 aliphatic rings. The Hall–Kier alpha value is -5.44. The van der Waals surface area contributed by atoms with Crippen molar-refractivity contribution < 1.29 is 79.2 Å². The maximum absolute atomic E-state index is 15.8. The summed E-state index contributed by atoms with van der Waals surface area (Å²) in [7, 11) is 0. The Labute approximate surface area is 248 Å². The molecule has 2 aliphatic heterocycles. The van der Waals surface area contributed by atoms with Gasteiger partial charge in [-0.2, -0.15) is 9.58 Å². The van der Waals surface area contributed by atoms with Crippen LogP contribution in [-0.4, -0.2) is 19.5 Å². The average Bonchev–Trinajstić information content (AvgIpc) is 3.67. The topological polar surface area (TPSA) is 35.6 Å². The molecule has 250 valence electrons. The summed E-state index contributed by atoms with van der Waals surface area (Å²) in [6, 6.07) is 0. The van der Waals surface area contributed by atoms with Crippen LogP contribution in [0.1, 0.15) is 22.8 Å². The number of benzene rings is 1. The normalized spacial score (nSPS) is 13.5. The van der Waals surface area contributed by atoms with E-state index in [2.05, 4.69) is 9.97 Å². The van der Waals surface area contributed by atoms with Crippen molar-refractivity contribution in [2.45, 2.75) is 0 Å². The monoisotopic (exact) mass is 710 g/mol. The summed E-state index contributed by atoms with van der Waals surface area (Å²) >= 11 is 0. The van der Waals surface area contributed by atoms with Gasteiger partial charge in [-0.1, -0.05) is 8.96 Å². The van der Waals surface area contributed by atoms with Crippen molar-refractivity contribution in [2.24, 2.45) is 0 Å². The minimum Gasteiger partial charge on any atom is -0.236 e. The zero-order valence-electron chi connectivity index (χ0n) is 21.6. The van der Waals surface area contributed by atoms with E-state index in [0.717, 1.165) is 0 Å². The van der Waals surface area contributed by atoms with Crippen LogP contribution in [0, 0.1) is 69.8 Å². The summed E-state index contributed by atoms with van der Waals surface area (Å²) in [5, 5.41) is 0. The molecule has 22 heteroatoms. The average molecular weight is 710 g/mol. The number of aromatic nitrogens is 4. The van der Waals surface area contributed by atoms with Gasteiger partial charge in [0, 0.05) is 0 Å². The third-order valence-electron chi connectivity index (χ3n) is 6.85. The third kappa shape index (κ3) is 3.96. The smallest absolute Gasteiger partial charge is 0.200 e. The molecule has 6 rings (SSSR count). The molecule has 3 aromatic heterocycles. The molecule has 4 aromatic rings. The Balaban J connectivity index is 2.02. The van der Waals surface area contributed by atoms with Gasteiger partial charge in [-0.15, -0.1) is 0 Å². The van der Waals surface area contributed by atoms with Gasteiger partial charge in [-0.25, -0.2) is 80.2 Å². The molecule has 0 spiro atoms. The standard InChI is InChI=1S/C26F18N4/c27-3-1(4(28)7(31)8(32)6(3)30)2-5(29)24-16(40)20-11(35)12(36)22(46-20)18(42)26-14(38)13(37)25(48(26)44)17(41)21-10(34)9(33)19(45-21)15(39)23(2)47(24)43. The van der Waals surface area contributed by atoms with Crippen molar-refractivity contribution in [3.05, 3.63) is 92.6 Å². The molecule has 0 amide bonds. The molecule has 0 radical (unpaired) electrons. The molecule has 1 aromatic carbocycles. The van der Waals surface area contributed by atoms with Crippen molar-refractivity contribution in [2.75, 3.05) is 0 Å². The van der Waals surface area contributed by atoms with Gasteiger partial charge in [0.1, 0.15) is 33.8 Å². The first kappa shape index (κ1) is 32.5. The van der Waals surface area contributed by atoms with E-state index >= 15 is 26.4 Å². The summed E-state index contributed by atoms with van der Waals surface area (Å²) < 4.78 is 267. The van der Waals surface area contributed by atoms with Crippen LogP contribution in [0.25, 0.3) is 56.5 Å². The van der Waals surface area contributed by atoms with E-state index in [4.69, 9.17) is 0 Å². The molecule has 8 bridgehead atoms. The maximum Gasteiger partial charge on any atom is 0.200 e. The Morgan fingerprint density at radius 2 is 0.542 bits per heavy atom. The first-order valence-electron chi connectivity index (χ1n) is 11.9. The fourth-order valence-electron chi connectivity index (χ4n) is 4.67. The summed E-state index contributed by atoms with van der Waals surface area (Å²) in [6.07, 6.45) is 0. The fraction of sp³-hybridized carbons (Fsp3) is 0. The van der Waals surface area contributed by atoms with Crippen molar-refractivity contribution in [1.82, 2.24) is 19.5 Å². The minimum atomic E-state index is -3.02. The zero-order valence-corrected chi connectivity index (χ0v) is 21.6. The largest absolute Gasteiger partial charge is 0.236 e. The van der Waals surface area contributed by atoms with E-state index in [-0.39, 0.29) is 0 Å². The molecule has 0 saturated carbocycles. The van der Waals surface area contributed by atoms with Gasteiger partial charge >= 0.3 is 0 Å². The highest BCUT2D eigenvalue weighted by Crippen LogP contribution is 2.45. The number of fused-ring (bicyclic) bond motifs is 8.